The monoisotopic (exact) mass is 342 g/mol. The number of rotatable bonds is 3. The maximum absolute atomic E-state index is 13.2. The Balaban J connectivity index is 1.90. The van der Waals surface area contributed by atoms with E-state index in [1.807, 2.05) is 31.2 Å². The van der Waals surface area contributed by atoms with Gasteiger partial charge in [-0.1, -0.05) is 35.9 Å². The molecule has 3 nitrogen and oxygen atoms in total. The Morgan fingerprint density at radius 2 is 1.62 bits per heavy atom. The average molecular weight is 342 g/mol. The molecule has 2 N–H and O–H groups in total. The molecule has 0 aromatic heterocycles. The number of carbonyl (C=O) groups excluding carboxylic acids is 1. The molecule has 0 spiro atoms. The number of benzene rings is 3. The van der Waals surface area contributed by atoms with E-state index in [1.54, 1.807) is 24.3 Å². The summed E-state index contributed by atoms with van der Waals surface area (Å²) in [6.07, 6.45) is 0.479. The van der Waals surface area contributed by atoms with Crippen LogP contribution in [0.25, 0.3) is 5.57 Å². The Morgan fingerprint density at radius 3 is 2.35 bits per heavy atom. The fourth-order valence-electron chi connectivity index (χ4n) is 3.52. The predicted molar refractivity (Wildman–Crippen MR) is 101 cm³/mol. The van der Waals surface area contributed by atoms with Crippen molar-refractivity contribution in [3.05, 3.63) is 100 Å². The number of phenols is 2. The molecule has 1 aliphatic carbocycles. The van der Waals surface area contributed by atoms with Gasteiger partial charge in [0.25, 0.3) is 0 Å². The second kappa shape index (κ2) is 6.19. The molecular weight excluding hydrogens is 324 g/mol. The summed E-state index contributed by atoms with van der Waals surface area (Å²) in [5, 5.41) is 19.3. The van der Waals surface area contributed by atoms with Crippen molar-refractivity contribution in [2.45, 2.75) is 13.3 Å². The number of allylic oxidation sites excluding steroid dienone is 1. The first-order valence-electron chi connectivity index (χ1n) is 8.49. The minimum absolute atomic E-state index is 0.0582. The van der Waals surface area contributed by atoms with E-state index in [2.05, 4.69) is 6.07 Å². The van der Waals surface area contributed by atoms with Gasteiger partial charge in [0.15, 0.2) is 5.78 Å². The number of hydrogen-bond acceptors (Lipinski definition) is 3. The quantitative estimate of drug-likeness (QED) is 0.681. The molecule has 0 fully saturated rings. The Kier molecular flexibility index (Phi) is 3.85. The van der Waals surface area contributed by atoms with Crippen molar-refractivity contribution in [1.82, 2.24) is 0 Å². The van der Waals surface area contributed by atoms with Crippen molar-refractivity contribution in [3.8, 4) is 11.5 Å². The van der Waals surface area contributed by atoms with Crippen LogP contribution in [-0.4, -0.2) is 16.0 Å². The van der Waals surface area contributed by atoms with Crippen molar-refractivity contribution < 1.29 is 15.0 Å². The van der Waals surface area contributed by atoms with E-state index in [0.717, 1.165) is 27.8 Å². The van der Waals surface area contributed by atoms with Crippen LogP contribution in [0.1, 0.15) is 32.6 Å². The number of ketones is 1. The van der Waals surface area contributed by atoms with Crippen LogP contribution < -0.4 is 0 Å². The SMILES string of the molecule is Cc1cccc(C2=C(C(=O)c3ccc(O)cc3)Cc3cc(O)ccc32)c1. The van der Waals surface area contributed by atoms with E-state index in [9.17, 15) is 15.0 Å². The summed E-state index contributed by atoms with van der Waals surface area (Å²) in [4.78, 5) is 13.2. The van der Waals surface area contributed by atoms with Gasteiger partial charge >= 0.3 is 0 Å². The topological polar surface area (TPSA) is 57.5 Å². The standard InChI is InChI=1S/C23H18O3/c1-14-3-2-4-16(11-14)22-20-10-9-19(25)12-17(20)13-21(22)23(26)15-5-7-18(24)8-6-15/h2-12,24-25H,13H2,1H3. The number of hydrogen-bond donors (Lipinski definition) is 2. The molecule has 4 rings (SSSR count). The molecule has 3 aromatic rings. The molecule has 3 heteroatoms. The molecule has 128 valence electrons. The van der Waals surface area contributed by atoms with E-state index in [-0.39, 0.29) is 17.3 Å². The second-order valence-corrected chi connectivity index (χ2v) is 6.62. The lowest BCUT2D eigenvalue weighted by Crippen LogP contribution is -2.05. The van der Waals surface area contributed by atoms with Crippen LogP contribution in [0.5, 0.6) is 11.5 Å². The highest BCUT2D eigenvalue weighted by Gasteiger charge is 2.28. The van der Waals surface area contributed by atoms with E-state index >= 15 is 0 Å². The number of aromatic hydroxyl groups is 2. The lowest BCUT2D eigenvalue weighted by atomic mass is 9.93. The van der Waals surface area contributed by atoms with Gasteiger partial charge < -0.3 is 10.2 Å². The molecular formula is C23H18O3. The number of aryl methyl sites for hydroxylation is 1. The summed E-state index contributed by atoms with van der Waals surface area (Å²) in [6, 6.07) is 19.7. The van der Waals surface area contributed by atoms with Crippen LogP contribution in [0.15, 0.2) is 72.3 Å². The van der Waals surface area contributed by atoms with Gasteiger partial charge in [-0.3, -0.25) is 4.79 Å². The highest BCUT2D eigenvalue weighted by molar-refractivity contribution is 6.16. The van der Waals surface area contributed by atoms with Crippen LogP contribution >= 0.6 is 0 Å². The molecule has 0 atom stereocenters. The van der Waals surface area contributed by atoms with Crippen molar-refractivity contribution >= 4 is 11.4 Å². The Morgan fingerprint density at radius 1 is 0.885 bits per heavy atom. The summed E-state index contributed by atoms with van der Waals surface area (Å²) in [5.74, 6) is 0.275. The van der Waals surface area contributed by atoms with Crippen molar-refractivity contribution in [2.24, 2.45) is 0 Å². The Labute approximate surface area is 151 Å². The fourth-order valence-corrected chi connectivity index (χ4v) is 3.52. The molecule has 0 aliphatic heterocycles. The molecule has 0 radical (unpaired) electrons. The second-order valence-electron chi connectivity index (χ2n) is 6.62. The van der Waals surface area contributed by atoms with Crippen molar-refractivity contribution in [1.29, 1.82) is 0 Å². The Hall–Kier alpha value is -3.33. The molecule has 0 bridgehead atoms. The minimum atomic E-state index is -0.0582. The zero-order valence-electron chi connectivity index (χ0n) is 14.4. The maximum Gasteiger partial charge on any atom is 0.189 e. The first-order valence-corrected chi connectivity index (χ1v) is 8.49. The van der Waals surface area contributed by atoms with Crippen LogP contribution in [0.2, 0.25) is 0 Å². The molecule has 0 saturated carbocycles. The molecule has 0 unspecified atom stereocenters. The molecule has 1 aliphatic rings. The highest BCUT2D eigenvalue weighted by atomic mass is 16.3. The molecule has 0 heterocycles. The summed E-state index contributed by atoms with van der Waals surface area (Å²) >= 11 is 0. The minimum Gasteiger partial charge on any atom is -0.508 e. The third kappa shape index (κ3) is 2.78. The van der Waals surface area contributed by atoms with Crippen molar-refractivity contribution in [3.63, 3.8) is 0 Å². The normalized spacial score (nSPS) is 13.0. The predicted octanol–water partition coefficient (Wildman–Crippen LogP) is 4.65. The molecule has 3 aromatic carbocycles. The van der Waals surface area contributed by atoms with Gasteiger partial charge in [0.05, 0.1) is 0 Å². The smallest absolute Gasteiger partial charge is 0.189 e. The summed E-state index contributed by atoms with van der Waals surface area (Å²) < 4.78 is 0. The van der Waals surface area contributed by atoms with Crippen molar-refractivity contribution in [2.75, 3.05) is 0 Å². The van der Waals surface area contributed by atoms with Crippen LogP contribution in [0, 0.1) is 6.92 Å². The fraction of sp³-hybridized carbons (Fsp3) is 0.0870. The van der Waals surface area contributed by atoms with Crippen LogP contribution in [0.4, 0.5) is 0 Å². The number of fused-ring (bicyclic) bond motifs is 1. The van der Waals surface area contributed by atoms with Gasteiger partial charge in [0, 0.05) is 17.6 Å². The summed E-state index contributed by atoms with van der Waals surface area (Å²) in [6.45, 7) is 2.03. The number of carbonyl (C=O) groups is 1. The number of phenolic OH excluding ortho intramolecular Hbond substituents is 2. The lowest BCUT2D eigenvalue weighted by molar-refractivity contribution is 0.103. The third-order valence-corrected chi connectivity index (χ3v) is 4.74. The van der Waals surface area contributed by atoms with Gasteiger partial charge in [-0.2, -0.15) is 0 Å². The molecule has 26 heavy (non-hydrogen) atoms. The largest absolute Gasteiger partial charge is 0.508 e. The highest BCUT2D eigenvalue weighted by Crippen LogP contribution is 2.40. The summed E-state index contributed by atoms with van der Waals surface area (Å²) in [7, 11) is 0. The lowest BCUT2D eigenvalue weighted by Gasteiger charge is -2.10. The van der Waals surface area contributed by atoms with Gasteiger partial charge in [0.1, 0.15) is 11.5 Å². The van der Waals surface area contributed by atoms with Crippen LogP contribution in [-0.2, 0) is 6.42 Å². The van der Waals surface area contributed by atoms with Crippen LogP contribution in [0.3, 0.4) is 0 Å². The molecule has 0 saturated heterocycles. The van der Waals surface area contributed by atoms with E-state index in [4.69, 9.17) is 0 Å². The van der Waals surface area contributed by atoms with Gasteiger partial charge in [-0.25, -0.2) is 0 Å². The van der Waals surface area contributed by atoms with E-state index < -0.39 is 0 Å². The number of Topliss-reactive ketones (excluding diaryl/α,β-unsaturated/α-hetero) is 1. The molecule has 0 amide bonds. The maximum atomic E-state index is 13.2. The summed E-state index contributed by atoms with van der Waals surface area (Å²) in [5.41, 5.74) is 6.22. The van der Waals surface area contributed by atoms with Gasteiger partial charge in [-0.15, -0.1) is 0 Å². The van der Waals surface area contributed by atoms with Gasteiger partial charge in [0.2, 0.25) is 0 Å². The average Bonchev–Trinajstić information content (AvgIpc) is 3.00. The van der Waals surface area contributed by atoms with E-state index in [1.165, 1.54) is 12.1 Å². The third-order valence-electron chi connectivity index (χ3n) is 4.74. The Bertz CT molecular complexity index is 1040. The zero-order valence-corrected chi connectivity index (χ0v) is 14.4. The first kappa shape index (κ1) is 16.2. The zero-order chi connectivity index (χ0) is 18.3. The van der Waals surface area contributed by atoms with Gasteiger partial charge in [-0.05, 0) is 65.6 Å². The van der Waals surface area contributed by atoms with E-state index in [0.29, 0.717) is 17.6 Å². The first-order chi connectivity index (χ1) is 12.5.